The number of hydrogen-bond donors (Lipinski definition) is 0. The number of aromatic nitrogens is 2. The van der Waals surface area contributed by atoms with Gasteiger partial charge in [-0.25, -0.2) is 17.7 Å². The highest BCUT2D eigenvalue weighted by Crippen LogP contribution is 2.21. The maximum absolute atomic E-state index is 12.7. The number of aryl methyl sites for hydroxylation is 1. The van der Waals surface area contributed by atoms with Crippen LogP contribution >= 0.6 is 11.3 Å². The normalized spacial score (nSPS) is 12.2. The Kier molecular flexibility index (Phi) is 4.77. The third-order valence-electron chi connectivity index (χ3n) is 3.95. The van der Waals surface area contributed by atoms with Crippen molar-refractivity contribution < 1.29 is 8.42 Å². The molecule has 0 saturated carbocycles. The molecule has 0 spiro atoms. The minimum absolute atomic E-state index is 0.109. The molecule has 1 aromatic carbocycles. The zero-order chi connectivity index (χ0) is 18.2. The van der Waals surface area contributed by atoms with Crippen molar-refractivity contribution in [2.75, 3.05) is 14.1 Å². The van der Waals surface area contributed by atoms with Gasteiger partial charge in [-0.2, -0.15) is 0 Å². The molecule has 0 bridgehead atoms. The van der Waals surface area contributed by atoms with E-state index >= 15 is 0 Å². The molecule has 132 valence electrons. The van der Waals surface area contributed by atoms with Crippen molar-refractivity contribution in [3.63, 3.8) is 0 Å². The predicted molar refractivity (Wildman–Crippen MR) is 99.7 cm³/mol. The number of hydrogen-bond acceptors (Lipinski definition) is 5. The Bertz CT molecular complexity index is 1080. The topological polar surface area (TPSA) is 72.3 Å². The Balaban J connectivity index is 1.99. The number of thiophene rings is 1. The van der Waals surface area contributed by atoms with E-state index in [1.165, 1.54) is 40.6 Å². The summed E-state index contributed by atoms with van der Waals surface area (Å²) >= 11 is 1.53. The van der Waals surface area contributed by atoms with Crippen LogP contribution in [-0.2, 0) is 23.0 Å². The fourth-order valence-corrected chi connectivity index (χ4v) is 4.41. The second-order valence-electron chi connectivity index (χ2n) is 5.90. The first kappa shape index (κ1) is 17.8. The second-order valence-corrected chi connectivity index (χ2v) is 9.16. The van der Waals surface area contributed by atoms with E-state index in [0.717, 1.165) is 21.7 Å². The van der Waals surface area contributed by atoms with Gasteiger partial charge in [0.1, 0.15) is 4.83 Å². The molecule has 0 radical (unpaired) electrons. The van der Waals surface area contributed by atoms with Crippen molar-refractivity contribution in [2.45, 2.75) is 24.8 Å². The molecule has 0 atom stereocenters. The number of sulfonamides is 1. The van der Waals surface area contributed by atoms with Gasteiger partial charge in [-0.15, -0.1) is 11.3 Å². The lowest BCUT2D eigenvalue weighted by atomic mass is 10.2. The first-order valence-corrected chi connectivity index (χ1v) is 10.1. The van der Waals surface area contributed by atoms with Crippen molar-refractivity contribution in [2.24, 2.45) is 0 Å². The summed E-state index contributed by atoms with van der Waals surface area (Å²) < 4.78 is 27.2. The first-order valence-electron chi connectivity index (χ1n) is 7.82. The fourth-order valence-electron chi connectivity index (χ4n) is 2.51. The predicted octanol–water partition coefficient (Wildman–Crippen LogP) is 2.32. The van der Waals surface area contributed by atoms with Gasteiger partial charge in [-0.1, -0.05) is 19.1 Å². The van der Waals surface area contributed by atoms with Gasteiger partial charge in [0.25, 0.3) is 5.56 Å². The van der Waals surface area contributed by atoms with Gasteiger partial charge < -0.3 is 0 Å². The molecular formula is C17H19N3O3S2. The number of nitrogens with zero attached hydrogens (tertiary/aromatic N) is 3. The van der Waals surface area contributed by atoms with Crippen molar-refractivity contribution in [3.05, 3.63) is 57.5 Å². The minimum atomic E-state index is -3.50. The van der Waals surface area contributed by atoms with Crippen LogP contribution in [0.2, 0.25) is 0 Å². The standard InChI is InChI=1S/C17H19N3O3S2/c1-4-13-9-15-16(24-13)18-11-20(17(15)21)10-12-6-5-7-14(8-12)25(22,23)19(2)3/h5-9,11H,4,10H2,1-3H3. The fraction of sp³-hybridized carbons (Fsp3) is 0.294. The molecule has 3 rings (SSSR count). The Morgan fingerprint density at radius 3 is 2.68 bits per heavy atom. The molecule has 6 nitrogen and oxygen atoms in total. The van der Waals surface area contributed by atoms with E-state index in [4.69, 9.17) is 0 Å². The van der Waals surface area contributed by atoms with E-state index in [-0.39, 0.29) is 17.0 Å². The Labute approximate surface area is 150 Å². The van der Waals surface area contributed by atoms with E-state index in [0.29, 0.717) is 5.39 Å². The van der Waals surface area contributed by atoms with E-state index in [2.05, 4.69) is 4.98 Å². The smallest absolute Gasteiger partial charge is 0.262 e. The third-order valence-corrected chi connectivity index (χ3v) is 6.95. The summed E-state index contributed by atoms with van der Waals surface area (Å²) in [6, 6.07) is 8.52. The Morgan fingerprint density at radius 1 is 1.24 bits per heavy atom. The highest BCUT2D eigenvalue weighted by atomic mass is 32.2. The molecule has 0 fully saturated rings. The van der Waals surface area contributed by atoms with Crippen LogP contribution in [0.4, 0.5) is 0 Å². The van der Waals surface area contributed by atoms with Crippen molar-refractivity contribution in [3.8, 4) is 0 Å². The van der Waals surface area contributed by atoms with Gasteiger partial charge in [0.2, 0.25) is 10.0 Å². The van der Waals surface area contributed by atoms with Crippen molar-refractivity contribution >= 4 is 31.6 Å². The molecule has 0 saturated heterocycles. The number of fused-ring (bicyclic) bond motifs is 1. The maximum atomic E-state index is 12.7. The Hall–Kier alpha value is -2.03. The van der Waals surface area contributed by atoms with Crippen molar-refractivity contribution in [1.29, 1.82) is 0 Å². The van der Waals surface area contributed by atoms with Gasteiger partial charge in [0, 0.05) is 19.0 Å². The molecule has 25 heavy (non-hydrogen) atoms. The lowest BCUT2D eigenvalue weighted by Gasteiger charge is -2.12. The molecule has 0 aliphatic heterocycles. The quantitative estimate of drug-likeness (QED) is 0.684. The molecule has 2 heterocycles. The number of benzene rings is 1. The molecule has 2 aromatic heterocycles. The molecular weight excluding hydrogens is 358 g/mol. The van der Waals surface area contributed by atoms with Crippen LogP contribution in [-0.4, -0.2) is 36.4 Å². The van der Waals surface area contributed by atoms with E-state index in [1.54, 1.807) is 24.3 Å². The van der Waals surface area contributed by atoms with E-state index in [1.807, 2.05) is 13.0 Å². The summed E-state index contributed by atoms with van der Waals surface area (Å²) in [6.45, 7) is 2.32. The largest absolute Gasteiger partial charge is 0.294 e. The molecule has 8 heteroatoms. The monoisotopic (exact) mass is 377 g/mol. The van der Waals surface area contributed by atoms with Gasteiger partial charge >= 0.3 is 0 Å². The van der Waals surface area contributed by atoms with Gasteiger partial charge in [-0.3, -0.25) is 9.36 Å². The van der Waals surface area contributed by atoms with Crippen molar-refractivity contribution in [1.82, 2.24) is 13.9 Å². The second kappa shape index (κ2) is 6.70. The average Bonchev–Trinajstić information content (AvgIpc) is 3.02. The van der Waals surface area contributed by atoms with Crippen LogP contribution in [0.1, 0.15) is 17.4 Å². The first-order chi connectivity index (χ1) is 11.8. The summed E-state index contributed by atoms with van der Waals surface area (Å²) in [5, 5.41) is 0.612. The highest BCUT2D eigenvalue weighted by Gasteiger charge is 2.17. The Morgan fingerprint density at radius 2 is 2.00 bits per heavy atom. The lowest BCUT2D eigenvalue weighted by molar-refractivity contribution is 0.520. The van der Waals surface area contributed by atoms with Gasteiger partial charge in [0.15, 0.2) is 0 Å². The SMILES string of the molecule is CCc1cc2c(=O)n(Cc3cccc(S(=O)(=O)N(C)C)c3)cnc2s1. The molecule has 0 aliphatic rings. The molecule has 0 N–H and O–H groups in total. The van der Waals surface area contributed by atoms with Crippen LogP contribution in [0.5, 0.6) is 0 Å². The third kappa shape index (κ3) is 3.37. The molecule has 3 aromatic rings. The molecule has 0 amide bonds. The summed E-state index contributed by atoms with van der Waals surface area (Å²) in [5.41, 5.74) is 0.624. The highest BCUT2D eigenvalue weighted by molar-refractivity contribution is 7.89. The zero-order valence-electron chi connectivity index (χ0n) is 14.3. The number of rotatable bonds is 5. The van der Waals surface area contributed by atoms with Gasteiger partial charge in [-0.05, 0) is 30.2 Å². The summed E-state index contributed by atoms with van der Waals surface area (Å²) in [6.07, 6.45) is 2.39. The van der Waals surface area contributed by atoms with Crippen LogP contribution in [0.3, 0.4) is 0 Å². The minimum Gasteiger partial charge on any atom is -0.294 e. The van der Waals surface area contributed by atoms with Crippen LogP contribution in [0.15, 0.2) is 46.3 Å². The molecule has 0 unspecified atom stereocenters. The van der Waals surface area contributed by atoms with E-state index in [9.17, 15) is 13.2 Å². The maximum Gasteiger partial charge on any atom is 0.262 e. The average molecular weight is 377 g/mol. The molecule has 0 aliphatic carbocycles. The van der Waals surface area contributed by atoms with Crippen LogP contribution in [0, 0.1) is 0 Å². The van der Waals surface area contributed by atoms with Crippen LogP contribution in [0.25, 0.3) is 10.2 Å². The lowest BCUT2D eigenvalue weighted by Crippen LogP contribution is -2.23. The van der Waals surface area contributed by atoms with E-state index < -0.39 is 10.0 Å². The summed E-state index contributed by atoms with van der Waals surface area (Å²) in [7, 11) is -0.520. The summed E-state index contributed by atoms with van der Waals surface area (Å²) in [4.78, 5) is 19.1. The van der Waals surface area contributed by atoms with Gasteiger partial charge in [0.05, 0.1) is 23.2 Å². The summed E-state index contributed by atoms with van der Waals surface area (Å²) in [5.74, 6) is 0. The zero-order valence-corrected chi connectivity index (χ0v) is 15.9. The van der Waals surface area contributed by atoms with Crippen LogP contribution < -0.4 is 5.56 Å².